The van der Waals surface area contributed by atoms with Gasteiger partial charge < -0.3 is 14.5 Å². The van der Waals surface area contributed by atoms with E-state index in [2.05, 4.69) is 15.3 Å². The van der Waals surface area contributed by atoms with Crippen LogP contribution in [0.5, 0.6) is 5.88 Å². The molecule has 0 saturated heterocycles. The zero-order chi connectivity index (χ0) is 18.5. The van der Waals surface area contributed by atoms with E-state index in [0.29, 0.717) is 12.4 Å². The van der Waals surface area contributed by atoms with Crippen molar-refractivity contribution in [2.24, 2.45) is 0 Å². The minimum atomic E-state index is -0.0833. The molecular formula is C19H21N3O3S. The fraction of sp³-hybridized carbons (Fsp3) is 0.316. The molecule has 1 amide bonds. The van der Waals surface area contributed by atoms with E-state index < -0.39 is 0 Å². The molecule has 3 rings (SSSR count). The van der Waals surface area contributed by atoms with Crippen molar-refractivity contribution in [2.45, 2.75) is 39.8 Å². The summed E-state index contributed by atoms with van der Waals surface area (Å²) in [6, 6.07) is 7.48. The third kappa shape index (κ3) is 4.92. The maximum Gasteiger partial charge on any atom is 0.226 e. The number of nitrogens with zero attached hydrogens (tertiary/aromatic N) is 2. The quantitative estimate of drug-likeness (QED) is 0.684. The molecule has 3 heterocycles. The molecule has 0 aliphatic carbocycles. The number of carbonyl (C=O) groups is 1. The number of hydrogen-bond acceptors (Lipinski definition) is 6. The molecule has 0 aliphatic rings. The topological polar surface area (TPSA) is 77.2 Å². The van der Waals surface area contributed by atoms with Crippen LogP contribution < -0.4 is 10.1 Å². The molecule has 6 nitrogen and oxygen atoms in total. The third-order valence-corrected chi connectivity index (χ3v) is 4.39. The van der Waals surface area contributed by atoms with Crippen molar-refractivity contribution in [3.63, 3.8) is 0 Å². The van der Waals surface area contributed by atoms with Gasteiger partial charge in [0, 0.05) is 24.2 Å². The molecule has 0 unspecified atom stereocenters. The number of thiazole rings is 1. The average Bonchev–Trinajstić information content (AvgIpc) is 3.22. The molecule has 0 fully saturated rings. The minimum absolute atomic E-state index is 0.0833. The number of rotatable bonds is 7. The predicted molar refractivity (Wildman–Crippen MR) is 100 cm³/mol. The van der Waals surface area contributed by atoms with Gasteiger partial charge in [-0.05, 0) is 38.5 Å². The Balaban J connectivity index is 1.50. The van der Waals surface area contributed by atoms with Crippen molar-refractivity contribution in [1.29, 1.82) is 0 Å². The number of nitrogens with one attached hydrogen (secondary N) is 1. The highest BCUT2D eigenvalue weighted by Crippen LogP contribution is 2.25. The average molecular weight is 371 g/mol. The summed E-state index contributed by atoms with van der Waals surface area (Å²) < 4.78 is 11.1. The zero-order valence-corrected chi connectivity index (χ0v) is 15.8. The van der Waals surface area contributed by atoms with Crippen molar-refractivity contribution < 1.29 is 13.9 Å². The monoisotopic (exact) mass is 371 g/mol. The second kappa shape index (κ2) is 8.14. The highest BCUT2D eigenvalue weighted by molar-refractivity contribution is 7.13. The van der Waals surface area contributed by atoms with Gasteiger partial charge in [-0.1, -0.05) is 6.07 Å². The Morgan fingerprint density at radius 1 is 1.31 bits per heavy atom. The molecule has 0 spiro atoms. The SMILES string of the molecule is Cc1ccc(-c2nc(CC(=O)NCc3ccc(OC(C)C)nc3)cs2)o1. The molecule has 1 N–H and O–H groups in total. The van der Waals surface area contributed by atoms with Gasteiger partial charge in [0.05, 0.1) is 18.2 Å². The fourth-order valence-corrected chi connectivity index (χ4v) is 3.08. The molecule has 0 saturated carbocycles. The van der Waals surface area contributed by atoms with Crippen molar-refractivity contribution in [3.05, 3.63) is 52.9 Å². The molecule has 0 aliphatic heterocycles. The Kier molecular flexibility index (Phi) is 5.68. The first-order valence-corrected chi connectivity index (χ1v) is 9.27. The number of aryl methyl sites for hydroxylation is 1. The Morgan fingerprint density at radius 3 is 2.81 bits per heavy atom. The van der Waals surface area contributed by atoms with Gasteiger partial charge in [0.25, 0.3) is 0 Å². The van der Waals surface area contributed by atoms with E-state index in [0.717, 1.165) is 27.8 Å². The summed E-state index contributed by atoms with van der Waals surface area (Å²) >= 11 is 1.47. The van der Waals surface area contributed by atoms with Gasteiger partial charge in [-0.15, -0.1) is 11.3 Å². The number of furan rings is 1. The maximum atomic E-state index is 12.1. The van der Waals surface area contributed by atoms with Crippen LogP contribution in [0.15, 0.2) is 40.3 Å². The number of amides is 1. The molecule has 3 aromatic heterocycles. The van der Waals surface area contributed by atoms with E-state index in [1.54, 1.807) is 12.3 Å². The van der Waals surface area contributed by atoms with E-state index in [1.165, 1.54) is 11.3 Å². The van der Waals surface area contributed by atoms with Crippen molar-refractivity contribution in [3.8, 4) is 16.6 Å². The molecular weight excluding hydrogens is 350 g/mol. The van der Waals surface area contributed by atoms with Gasteiger partial charge >= 0.3 is 0 Å². The van der Waals surface area contributed by atoms with E-state index in [1.807, 2.05) is 44.4 Å². The summed E-state index contributed by atoms with van der Waals surface area (Å²) in [7, 11) is 0. The largest absolute Gasteiger partial charge is 0.475 e. The lowest BCUT2D eigenvalue weighted by atomic mass is 10.2. The summed E-state index contributed by atoms with van der Waals surface area (Å²) in [6.07, 6.45) is 2.03. The summed E-state index contributed by atoms with van der Waals surface area (Å²) in [5.41, 5.74) is 1.65. The van der Waals surface area contributed by atoms with Gasteiger partial charge in [-0.3, -0.25) is 4.79 Å². The zero-order valence-electron chi connectivity index (χ0n) is 15.0. The second-order valence-corrected chi connectivity index (χ2v) is 7.04. The van der Waals surface area contributed by atoms with E-state index in [-0.39, 0.29) is 18.4 Å². The van der Waals surface area contributed by atoms with Crippen molar-refractivity contribution in [1.82, 2.24) is 15.3 Å². The van der Waals surface area contributed by atoms with Gasteiger partial charge in [0.2, 0.25) is 11.8 Å². The summed E-state index contributed by atoms with van der Waals surface area (Å²) in [4.78, 5) is 20.8. The van der Waals surface area contributed by atoms with Gasteiger partial charge in [0.15, 0.2) is 10.8 Å². The predicted octanol–water partition coefficient (Wildman–Crippen LogP) is 3.75. The smallest absolute Gasteiger partial charge is 0.226 e. The van der Waals surface area contributed by atoms with Crippen LogP contribution in [-0.2, 0) is 17.8 Å². The van der Waals surface area contributed by atoms with Crippen molar-refractivity contribution in [2.75, 3.05) is 0 Å². The lowest BCUT2D eigenvalue weighted by Crippen LogP contribution is -2.24. The number of hydrogen-bond donors (Lipinski definition) is 1. The van der Waals surface area contributed by atoms with Crippen LogP contribution in [0.2, 0.25) is 0 Å². The van der Waals surface area contributed by atoms with Gasteiger partial charge in [-0.2, -0.15) is 0 Å². The first-order chi connectivity index (χ1) is 12.5. The van der Waals surface area contributed by atoms with E-state index >= 15 is 0 Å². The van der Waals surface area contributed by atoms with Crippen LogP contribution in [0.4, 0.5) is 0 Å². The third-order valence-electron chi connectivity index (χ3n) is 3.49. The highest BCUT2D eigenvalue weighted by Gasteiger charge is 2.11. The van der Waals surface area contributed by atoms with Crippen molar-refractivity contribution >= 4 is 17.2 Å². The van der Waals surface area contributed by atoms with Crippen LogP contribution >= 0.6 is 11.3 Å². The normalized spacial score (nSPS) is 10.9. The van der Waals surface area contributed by atoms with Gasteiger partial charge in [-0.25, -0.2) is 9.97 Å². The fourth-order valence-electron chi connectivity index (χ4n) is 2.31. The van der Waals surface area contributed by atoms with Crippen LogP contribution in [0.3, 0.4) is 0 Å². The Bertz CT molecular complexity index is 868. The van der Waals surface area contributed by atoms with Gasteiger partial charge in [0.1, 0.15) is 5.76 Å². The molecule has 0 bridgehead atoms. The van der Waals surface area contributed by atoms with Crippen LogP contribution in [0.1, 0.15) is 30.9 Å². The molecule has 0 radical (unpaired) electrons. The Labute approximate surface area is 156 Å². The number of pyridine rings is 1. The first kappa shape index (κ1) is 18.1. The van der Waals surface area contributed by atoms with E-state index in [4.69, 9.17) is 9.15 Å². The highest BCUT2D eigenvalue weighted by atomic mass is 32.1. The standard InChI is InChI=1S/C19H21N3O3S/c1-12(2)24-18-7-5-14(10-21-18)9-20-17(23)8-15-11-26-19(22-15)16-6-4-13(3)25-16/h4-7,10-12H,8-9H2,1-3H3,(H,20,23). The van der Waals surface area contributed by atoms with Crippen LogP contribution in [-0.4, -0.2) is 22.0 Å². The Morgan fingerprint density at radius 2 is 2.15 bits per heavy atom. The molecule has 0 aromatic carbocycles. The number of ether oxygens (including phenoxy) is 1. The lowest BCUT2D eigenvalue weighted by molar-refractivity contribution is -0.120. The summed E-state index contributed by atoms with van der Waals surface area (Å²) in [5, 5.41) is 5.55. The first-order valence-electron chi connectivity index (χ1n) is 8.39. The molecule has 0 atom stereocenters. The maximum absolute atomic E-state index is 12.1. The molecule has 3 aromatic rings. The van der Waals surface area contributed by atoms with Crippen LogP contribution in [0, 0.1) is 6.92 Å². The lowest BCUT2D eigenvalue weighted by Gasteiger charge is -2.09. The minimum Gasteiger partial charge on any atom is -0.475 e. The molecule has 7 heteroatoms. The van der Waals surface area contributed by atoms with Crippen LogP contribution in [0.25, 0.3) is 10.8 Å². The summed E-state index contributed by atoms with van der Waals surface area (Å²) in [6.45, 7) is 6.21. The number of carbonyl (C=O) groups excluding carboxylic acids is 1. The summed E-state index contributed by atoms with van der Waals surface area (Å²) in [5.74, 6) is 2.07. The number of aromatic nitrogens is 2. The molecule has 136 valence electrons. The molecule has 26 heavy (non-hydrogen) atoms. The Hall–Kier alpha value is -2.67. The second-order valence-electron chi connectivity index (χ2n) is 6.18. The van der Waals surface area contributed by atoms with E-state index in [9.17, 15) is 4.79 Å².